The lowest BCUT2D eigenvalue weighted by Crippen LogP contribution is -2.40. The third kappa shape index (κ3) is 2.99. The summed E-state index contributed by atoms with van der Waals surface area (Å²) in [7, 11) is 3.57. The number of aromatic nitrogens is 1. The number of aryl methyl sites for hydroxylation is 1. The fourth-order valence-electron chi connectivity index (χ4n) is 2.60. The van der Waals surface area contributed by atoms with E-state index in [2.05, 4.69) is 18.0 Å². The number of thiophene rings is 1. The summed E-state index contributed by atoms with van der Waals surface area (Å²) >= 11 is 1.68. The van der Waals surface area contributed by atoms with E-state index in [4.69, 9.17) is 4.99 Å². The van der Waals surface area contributed by atoms with Gasteiger partial charge >= 0.3 is 6.03 Å². The van der Waals surface area contributed by atoms with E-state index >= 15 is 0 Å². The van der Waals surface area contributed by atoms with Crippen molar-refractivity contribution >= 4 is 28.1 Å². The van der Waals surface area contributed by atoms with E-state index < -0.39 is 0 Å². The molecule has 0 bridgehead atoms. The molecule has 2 aromatic rings. The Hall–Kier alpha value is -2.21. The molecule has 0 unspecified atom stereocenters. The highest BCUT2D eigenvalue weighted by Gasteiger charge is 2.27. The molecule has 0 saturated carbocycles. The van der Waals surface area contributed by atoms with Crippen molar-refractivity contribution in [2.75, 3.05) is 32.1 Å². The van der Waals surface area contributed by atoms with Gasteiger partial charge in [0.25, 0.3) is 0 Å². The van der Waals surface area contributed by atoms with Crippen LogP contribution in [0.5, 0.6) is 0 Å². The molecule has 0 N–H and O–H groups in total. The van der Waals surface area contributed by atoms with E-state index in [0.717, 1.165) is 28.3 Å². The van der Waals surface area contributed by atoms with Gasteiger partial charge in [0.15, 0.2) is 0 Å². The Morgan fingerprint density at radius 3 is 2.74 bits per heavy atom. The number of amides is 2. The average molecular weight is 328 g/mol. The summed E-state index contributed by atoms with van der Waals surface area (Å²) in [6.45, 7) is 3.33. The maximum absolute atomic E-state index is 12.6. The van der Waals surface area contributed by atoms with Crippen LogP contribution in [0.4, 0.5) is 9.80 Å². The molecule has 5 nitrogen and oxygen atoms in total. The van der Waals surface area contributed by atoms with Gasteiger partial charge in [-0.1, -0.05) is 6.92 Å². The average Bonchev–Trinajstić information content (AvgIpc) is 2.91. The smallest absolute Gasteiger partial charge is 0.324 e. The van der Waals surface area contributed by atoms with Crippen LogP contribution >= 0.6 is 11.3 Å². The zero-order chi connectivity index (χ0) is 16.4. The standard InChI is InChI=1S/C17H20N4OS/c1-4-13-11-14-15(12-5-7-18-8-6-12)19-9-10-21(16(14)23-13)17(22)20(2)3/h5-8,11H,4,9-10H2,1-3H3. The number of hydrogen-bond donors (Lipinski definition) is 0. The van der Waals surface area contributed by atoms with Crippen molar-refractivity contribution in [3.8, 4) is 0 Å². The molecule has 2 amide bonds. The van der Waals surface area contributed by atoms with Crippen molar-refractivity contribution in [2.24, 2.45) is 4.99 Å². The van der Waals surface area contributed by atoms with Gasteiger partial charge in [-0.05, 0) is 24.6 Å². The van der Waals surface area contributed by atoms with Gasteiger partial charge in [-0.3, -0.25) is 14.9 Å². The first kappa shape index (κ1) is 15.7. The minimum atomic E-state index is 0.00179. The molecule has 0 fully saturated rings. The summed E-state index contributed by atoms with van der Waals surface area (Å²) in [5.41, 5.74) is 3.04. The van der Waals surface area contributed by atoms with Crippen molar-refractivity contribution in [1.29, 1.82) is 0 Å². The minimum absolute atomic E-state index is 0.00179. The van der Waals surface area contributed by atoms with Crippen molar-refractivity contribution in [3.05, 3.63) is 46.6 Å². The lowest BCUT2D eigenvalue weighted by Gasteiger charge is -2.24. The maximum atomic E-state index is 12.6. The fraction of sp³-hybridized carbons (Fsp3) is 0.353. The molecule has 1 aliphatic rings. The molecule has 120 valence electrons. The SMILES string of the molecule is CCc1cc2c(s1)N(C(=O)N(C)C)CCN=C2c1ccncc1. The van der Waals surface area contributed by atoms with Crippen LogP contribution < -0.4 is 4.90 Å². The molecular formula is C17H20N4OS. The van der Waals surface area contributed by atoms with Crippen LogP contribution in [-0.4, -0.2) is 48.8 Å². The molecule has 0 saturated heterocycles. The predicted octanol–water partition coefficient (Wildman–Crippen LogP) is 3.04. The fourth-order valence-corrected chi connectivity index (χ4v) is 3.72. The Morgan fingerprint density at radius 2 is 2.09 bits per heavy atom. The van der Waals surface area contributed by atoms with E-state index in [-0.39, 0.29) is 6.03 Å². The van der Waals surface area contributed by atoms with Crippen molar-refractivity contribution in [1.82, 2.24) is 9.88 Å². The van der Waals surface area contributed by atoms with E-state index in [1.807, 2.05) is 17.0 Å². The number of urea groups is 1. The summed E-state index contributed by atoms with van der Waals surface area (Å²) < 4.78 is 0. The molecule has 0 aliphatic carbocycles. The van der Waals surface area contributed by atoms with Crippen molar-refractivity contribution < 1.29 is 4.79 Å². The van der Waals surface area contributed by atoms with Crippen LogP contribution in [0.2, 0.25) is 0 Å². The molecule has 23 heavy (non-hydrogen) atoms. The number of carbonyl (C=O) groups is 1. The van der Waals surface area contributed by atoms with E-state index in [1.54, 1.807) is 42.7 Å². The molecule has 3 heterocycles. The lowest BCUT2D eigenvalue weighted by atomic mass is 10.0. The first-order chi connectivity index (χ1) is 11.1. The van der Waals surface area contributed by atoms with Crippen LogP contribution in [-0.2, 0) is 6.42 Å². The van der Waals surface area contributed by atoms with Gasteiger partial charge in [0.1, 0.15) is 5.00 Å². The second-order valence-electron chi connectivity index (χ2n) is 5.58. The number of fused-ring (bicyclic) bond motifs is 1. The molecule has 3 rings (SSSR count). The van der Waals surface area contributed by atoms with Crippen molar-refractivity contribution in [3.63, 3.8) is 0 Å². The Morgan fingerprint density at radius 1 is 1.35 bits per heavy atom. The molecule has 2 aromatic heterocycles. The van der Waals surface area contributed by atoms with Crippen LogP contribution in [0.15, 0.2) is 35.6 Å². The number of aliphatic imine (C=N–C) groups is 1. The van der Waals surface area contributed by atoms with Gasteiger partial charge in [0.05, 0.1) is 12.3 Å². The van der Waals surface area contributed by atoms with Crippen LogP contribution in [0, 0.1) is 0 Å². The Balaban J connectivity index is 2.11. The number of pyridine rings is 1. The zero-order valence-electron chi connectivity index (χ0n) is 13.6. The highest BCUT2D eigenvalue weighted by molar-refractivity contribution is 7.16. The number of rotatable bonds is 2. The molecule has 1 aliphatic heterocycles. The Labute approximate surface area is 140 Å². The van der Waals surface area contributed by atoms with Gasteiger partial charge in [0, 0.05) is 49.0 Å². The zero-order valence-corrected chi connectivity index (χ0v) is 14.4. The number of nitrogens with zero attached hydrogens (tertiary/aromatic N) is 4. The second kappa shape index (κ2) is 6.50. The normalized spacial score (nSPS) is 14.0. The van der Waals surface area contributed by atoms with Gasteiger partial charge in [-0.15, -0.1) is 11.3 Å². The molecule has 0 spiro atoms. The summed E-state index contributed by atoms with van der Waals surface area (Å²) in [5, 5.41) is 0.994. The maximum Gasteiger partial charge on any atom is 0.324 e. The molecular weight excluding hydrogens is 308 g/mol. The van der Waals surface area contributed by atoms with Gasteiger partial charge in [-0.2, -0.15) is 0 Å². The first-order valence-electron chi connectivity index (χ1n) is 7.68. The van der Waals surface area contributed by atoms with Crippen LogP contribution in [0.3, 0.4) is 0 Å². The quantitative estimate of drug-likeness (QED) is 0.851. The topological polar surface area (TPSA) is 48.8 Å². The highest BCUT2D eigenvalue weighted by Crippen LogP contribution is 2.35. The first-order valence-corrected chi connectivity index (χ1v) is 8.50. The predicted molar refractivity (Wildman–Crippen MR) is 94.9 cm³/mol. The molecule has 6 heteroatoms. The van der Waals surface area contributed by atoms with Gasteiger partial charge < -0.3 is 4.90 Å². The van der Waals surface area contributed by atoms with Crippen LogP contribution in [0.1, 0.15) is 22.9 Å². The molecule has 0 radical (unpaired) electrons. The monoisotopic (exact) mass is 328 g/mol. The minimum Gasteiger partial charge on any atom is -0.330 e. The van der Waals surface area contributed by atoms with Crippen molar-refractivity contribution in [2.45, 2.75) is 13.3 Å². The summed E-state index contributed by atoms with van der Waals surface area (Å²) in [6, 6.07) is 6.10. The third-order valence-corrected chi connectivity index (χ3v) is 5.08. The Kier molecular flexibility index (Phi) is 4.43. The van der Waals surface area contributed by atoms with Gasteiger partial charge in [-0.25, -0.2) is 4.79 Å². The largest absolute Gasteiger partial charge is 0.330 e. The van der Waals surface area contributed by atoms with E-state index in [0.29, 0.717) is 13.1 Å². The van der Waals surface area contributed by atoms with E-state index in [9.17, 15) is 4.79 Å². The molecule has 0 atom stereocenters. The number of carbonyl (C=O) groups excluding carboxylic acids is 1. The molecule has 0 aromatic carbocycles. The number of hydrogen-bond acceptors (Lipinski definition) is 4. The highest BCUT2D eigenvalue weighted by atomic mass is 32.1. The Bertz CT molecular complexity index is 736. The van der Waals surface area contributed by atoms with E-state index in [1.165, 1.54) is 4.88 Å². The van der Waals surface area contributed by atoms with Gasteiger partial charge in [0.2, 0.25) is 0 Å². The summed E-state index contributed by atoms with van der Waals surface area (Å²) in [4.78, 5) is 26.1. The van der Waals surface area contributed by atoms with Crippen LogP contribution in [0.25, 0.3) is 0 Å². The number of anilines is 1. The lowest BCUT2D eigenvalue weighted by molar-refractivity contribution is 0.224. The third-order valence-electron chi connectivity index (χ3n) is 3.77. The second-order valence-corrected chi connectivity index (χ2v) is 6.70. The summed E-state index contributed by atoms with van der Waals surface area (Å²) in [6.07, 6.45) is 4.50. The summed E-state index contributed by atoms with van der Waals surface area (Å²) in [5.74, 6) is 0.